The maximum atomic E-state index is 10.8. The molecule has 0 saturated carbocycles. The van der Waals surface area contributed by atoms with Crippen LogP contribution in [0.1, 0.15) is 12.5 Å². The van der Waals surface area contributed by atoms with E-state index in [-0.39, 0.29) is 6.61 Å². The van der Waals surface area contributed by atoms with Gasteiger partial charge in [-0.3, -0.25) is 4.98 Å². The van der Waals surface area contributed by atoms with Crippen molar-refractivity contribution < 1.29 is 14.3 Å². The zero-order valence-electron chi connectivity index (χ0n) is 7.40. The molecule has 0 N–H and O–H groups in total. The molecule has 0 aliphatic rings. The van der Waals surface area contributed by atoms with Gasteiger partial charge in [-0.25, -0.2) is 4.79 Å². The molecule has 0 unspecified atom stereocenters. The van der Waals surface area contributed by atoms with Crippen LogP contribution in [-0.4, -0.2) is 17.7 Å². The molecule has 0 aliphatic carbocycles. The van der Waals surface area contributed by atoms with Gasteiger partial charge in [0.15, 0.2) is 0 Å². The molecular formula is C9H11NO3. The van der Waals surface area contributed by atoms with Gasteiger partial charge in [-0.2, -0.15) is 0 Å². The standard InChI is InChI=1S/C9H11NO3/c1-2-12-9(11)13-7-8-4-3-5-10-6-8/h3-6H,2,7H2,1H3. The number of hydrogen-bond acceptors (Lipinski definition) is 4. The highest BCUT2D eigenvalue weighted by atomic mass is 16.7. The summed E-state index contributed by atoms with van der Waals surface area (Å²) in [7, 11) is 0. The molecule has 4 heteroatoms. The van der Waals surface area contributed by atoms with Crippen molar-refractivity contribution in [2.45, 2.75) is 13.5 Å². The van der Waals surface area contributed by atoms with Crippen LogP contribution in [0.25, 0.3) is 0 Å². The molecule has 13 heavy (non-hydrogen) atoms. The van der Waals surface area contributed by atoms with E-state index in [9.17, 15) is 4.79 Å². The number of nitrogens with zero attached hydrogens (tertiary/aromatic N) is 1. The smallest absolute Gasteiger partial charge is 0.435 e. The lowest BCUT2D eigenvalue weighted by atomic mass is 10.3. The third-order valence-corrected chi connectivity index (χ3v) is 1.34. The van der Waals surface area contributed by atoms with E-state index in [0.717, 1.165) is 5.56 Å². The van der Waals surface area contributed by atoms with E-state index < -0.39 is 6.16 Å². The van der Waals surface area contributed by atoms with Gasteiger partial charge in [0, 0.05) is 18.0 Å². The highest BCUT2D eigenvalue weighted by Crippen LogP contribution is 1.99. The first-order valence-corrected chi connectivity index (χ1v) is 4.01. The predicted molar refractivity (Wildman–Crippen MR) is 46.0 cm³/mol. The van der Waals surface area contributed by atoms with Crippen molar-refractivity contribution in [2.24, 2.45) is 0 Å². The number of ether oxygens (including phenoxy) is 2. The lowest BCUT2D eigenvalue weighted by Crippen LogP contribution is -2.06. The Bertz CT molecular complexity index is 261. The molecule has 0 fully saturated rings. The van der Waals surface area contributed by atoms with E-state index in [1.165, 1.54) is 0 Å². The van der Waals surface area contributed by atoms with Crippen LogP contribution in [0.5, 0.6) is 0 Å². The summed E-state index contributed by atoms with van der Waals surface area (Å²) in [4.78, 5) is 14.6. The normalized spacial score (nSPS) is 9.31. The average molecular weight is 181 g/mol. The van der Waals surface area contributed by atoms with Crippen molar-refractivity contribution in [1.82, 2.24) is 4.98 Å². The Hall–Kier alpha value is -1.58. The number of rotatable bonds is 3. The Kier molecular flexibility index (Phi) is 3.75. The molecule has 1 rings (SSSR count). The first kappa shape index (κ1) is 9.51. The summed E-state index contributed by atoms with van der Waals surface area (Å²) in [5.41, 5.74) is 0.843. The van der Waals surface area contributed by atoms with E-state index in [4.69, 9.17) is 4.74 Å². The first-order valence-electron chi connectivity index (χ1n) is 4.01. The molecule has 0 aromatic carbocycles. The summed E-state index contributed by atoms with van der Waals surface area (Å²) < 4.78 is 9.35. The quantitative estimate of drug-likeness (QED) is 0.666. The van der Waals surface area contributed by atoms with Gasteiger partial charge >= 0.3 is 6.16 Å². The van der Waals surface area contributed by atoms with Gasteiger partial charge in [-0.1, -0.05) is 6.07 Å². The van der Waals surface area contributed by atoms with Crippen LogP contribution < -0.4 is 0 Å². The van der Waals surface area contributed by atoms with E-state index in [2.05, 4.69) is 9.72 Å². The molecule has 70 valence electrons. The van der Waals surface area contributed by atoms with Crippen LogP contribution in [0, 0.1) is 0 Å². The van der Waals surface area contributed by atoms with Gasteiger partial charge in [0.2, 0.25) is 0 Å². The van der Waals surface area contributed by atoms with Crippen molar-refractivity contribution in [2.75, 3.05) is 6.61 Å². The Morgan fingerprint density at radius 3 is 3.00 bits per heavy atom. The lowest BCUT2D eigenvalue weighted by molar-refractivity contribution is 0.0535. The molecule has 0 bridgehead atoms. The number of carbonyl (C=O) groups excluding carboxylic acids is 1. The highest BCUT2D eigenvalue weighted by molar-refractivity contribution is 5.59. The molecule has 1 aromatic heterocycles. The second-order valence-corrected chi connectivity index (χ2v) is 2.33. The molecule has 1 aromatic rings. The van der Waals surface area contributed by atoms with Gasteiger partial charge < -0.3 is 9.47 Å². The van der Waals surface area contributed by atoms with Gasteiger partial charge in [0.05, 0.1) is 6.61 Å². The van der Waals surface area contributed by atoms with Crippen LogP contribution >= 0.6 is 0 Å². The molecule has 0 aliphatic heterocycles. The molecule has 0 amide bonds. The fourth-order valence-corrected chi connectivity index (χ4v) is 0.785. The second-order valence-electron chi connectivity index (χ2n) is 2.33. The number of hydrogen-bond donors (Lipinski definition) is 0. The van der Waals surface area contributed by atoms with E-state index in [0.29, 0.717) is 6.61 Å². The Morgan fingerprint density at radius 1 is 1.54 bits per heavy atom. The topological polar surface area (TPSA) is 48.4 Å². The Labute approximate surface area is 76.5 Å². The molecule has 1 heterocycles. The van der Waals surface area contributed by atoms with Crippen molar-refractivity contribution in [3.8, 4) is 0 Å². The molecule has 0 spiro atoms. The zero-order chi connectivity index (χ0) is 9.52. The van der Waals surface area contributed by atoms with E-state index in [1.807, 2.05) is 6.07 Å². The van der Waals surface area contributed by atoms with E-state index in [1.54, 1.807) is 25.4 Å². The first-order chi connectivity index (χ1) is 6.33. The fraction of sp³-hybridized carbons (Fsp3) is 0.333. The minimum absolute atomic E-state index is 0.201. The summed E-state index contributed by atoms with van der Waals surface area (Å²) in [5.74, 6) is 0. The summed E-state index contributed by atoms with van der Waals surface area (Å²) in [5, 5.41) is 0. The maximum Gasteiger partial charge on any atom is 0.508 e. The summed E-state index contributed by atoms with van der Waals surface area (Å²) in [6.07, 6.45) is 2.65. The van der Waals surface area contributed by atoms with Gasteiger partial charge in [-0.05, 0) is 13.0 Å². The number of pyridine rings is 1. The zero-order valence-corrected chi connectivity index (χ0v) is 7.40. The van der Waals surface area contributed by atoms with Crippen LogP contribution in [0.2, 0.25) is 0 Å². The van der Waals surface area contributed by atoms with Crippen LogP contribution in [0.15, 0.2) is 24.5 Å². The average Bonchev–Trinajstić information content (AvgIpc) is 2.17. The third kappa shape index (κ3) is 3.55. The molecule has 0 radical (unpaired) electrons. The van der Waals surface area contributed by atoms with Crippen molar-refractivity contribution in [1.29, 1.82) is 0 Å². The van der Waals surface area contributed by atoms with Gasteiger partial charge in [0.1, 0.15) is 6.61 Å². The number of aromatic nitrogens is 1. The van der Waals surface area contributed by atoms with Gasteiger partial charge in [-0.15, -0.1) is 0 Å². The van der Waals surface area contributed by atoms with Crippen molar-refractivity contribution in [3.05, 3.63) is 30.1 Å². The van der Waals surface area contributed by atoms with Crippen LogP contribution in [-0.2, 0) is 16.1 Å². The Morgan fingerprint density at radius 2 is 2.38 bits per heavy atom. The maximum absolute atomic E-state index is 10.8. The summed E-state index contributed by atoms with van der Waals surface area (Å²) in [6.45, 7) is 2.25. The number of carbonyl (C=O) groups is 1. The predicted octanol–water partition coefficient (Wildman–Crippen LogP) is 1.75. The minimum atomic E-state index is -0.647. The van der Waals surface area contributed by atoms with Crippen LogP contribution in [0.4, 0.5) is 4.79 Å². The lowest BCUT2D eigenvalue weighted by Gasteiger charge is -2.03. The Balaban J connectivity index is 2.31. The van der Waals surface area contributed by atoms with Crippen molar-refractivity contribution in [3.63, 3.8) is 0 Å². The largest absolute Gasteiger partial charge is 0.508 e. The second kappa shape index (κ2) is 5.13. The van der Waals surface area contributed by atoms with E-state index >= 15 is 0 Å². The SMILES string of the molecule is CCOC(=O)OCc1cccnc1. The minimum Gasteiger partial charge on any atom is -0.435 e. The molecule has 0 saturated heterocycles. The molecule has 4 nitrogen and oxygen atoms in total. The fourth-order valence-electron chi connectivity index (χ4n) is 0.785. The monoisotopic (exact) mass is 181 g/mol. The highest BCUT2D eigenvalue weighted by Gasteiger charge is 2.01. The molecular weight excluding hydrogens is 170 g/mol. The summed E-state index contributed by atoms with van der Waals surface area (Å²) >= 11 is 0. The van der Waals surface area contributed by atoms with Crippen LogP contribution in [0.3, 0.4) is 0 Å². The third-order valence-electron chi connectivity index (χ3n) is 1.34. The summed E-state index contributed by atoms with van der Waals surface area (Å²) in [6, 6.07) is 3.61. The van der Waals surface area contributed by atoms with Gasteiger partial charge in [0.25, 0.3) is 0 Å². The molecule has 0 atom stereocenters. The van der Waals surface area contributed by atoms with Crippen molar-refractivity contribution >= 4 is 6.16 Å².